The van der Waals surface area contributed by atoms with Gasteiger partial charge in [-0.05, 0) is 24.2 Å². The van der Waals surface area contributed by atoms with Crippen LogP contribution in [0.5, 0.6) is 0 Å². The van der Waals surface area contributed by atoms with Crippen LogP contribution in [0, 0.1) is 5.82 Å². The number of rotatable bonds is 5. The highest BCUT2D eigenvalue weighted by Crippen LogP contribution is 2.26. The van der Waals surface area contributed by atoms with Crippen LogP contribution >= 0.6 is 11.8 Å². The van der Waals surface area contributed by atoms with Crippen molar-refractivity contribution in [1.82, 2.24) is 5.32 Å². The smallest absolute Gasteiger partial charge is 0.137 e. The molecule has 0 atom stereocenters. The summed E-state index contributed by atoms with van der Waals surface area (Å²) < 4.78 is 13.6. The van der Waals surface area contributed by atoms with Gasteiger partial charge in [-0.25, -0.2) is 4.39 Å². The summed E-state index contributed by atoms with van der Waals surface area (Å²) in [6, 6.07) is 5.47. The second-order valence-corrected chi connectivity index (χ2v) is 5.33. The van der Waals surface area contributed by atoms with Crippen LogP contribution in [0.3, 0.4) is 0 Å². The Kier molecular flexibility index (Phi) is 5.12. The van der Waals surface area contributed by atoms with Crippen molar-refractivity contribution < 1.29 is 4.39 Å². The second-order valence-electron chi connectivity index (χ2n) is 3.71. The molecule has 0 aromatic heterocycles. The minimum Gasteiger partial charge on any atom is -0.313 e. The molecule has 0 saturated heterocycles. The zero-order valence-corrected chi connectivity index (χ0v) is 10.3. The monoisotopic (exact) mass is 227 g/mol. The van der Waals surface area contributed by atoms with E-state index >= 15 is 0 Å². The lowest BCUT2D eigenvalue weighted by Gasteiger charge is -2.08. The average molecular weight is 227 g/mol. The molecule has 1 aromatic rings. The molecule has 0 saturated carbocycles. The van der Waals surface area contributed by atoms with Gasteiger partial charge in [0.25, 0.3) is 0 Å². The number of hydrogen-bond donors (Lipinski definition) is 1. The maximum Gasteiger partial charge on any atom is 0.137 e. The normalized spacial score (nSPS) is 11.0. The van der Waals surface area contributed by atoms with Crippen molar-refractivity contribution in [3.8, 4) is 0 Å². The summed E-state index contributed by atoms with van der Waals surface area (Å²) in [4.78, 5) is 0.741. The Balaban J connectivity index is 2.70. The van der Waals surface area contributed by atoms with E-state index in [1.165, 1.54) is 0 Å². The van der Waals surface area contributed by atoms with Gasteiger partial charge in [-0.2, -0.15) is 0 Å². The summed E-state index contributed by atoms with van der Waals surface area (Å²) in [7, 11) is 0. The fourth-order valence-electron chi connectivity index (χ4n) is 1.27. The van der Waals surface area contributed by atoms with Crippen molar-refractivity contribution in [2.24, 2.45) is 0 Å². The molecular formula is C12H18FNS. The molecule has 1 N–H and O–H groups in total. The maximum atomic E-state index is 13.6. The number of thioether (sulfide) groups is 1. The van der Waals surface area contributed by atoms with E-state index < -0.39 is 0 Å². The van der Waals surface area contributed by atoms with Gasteiger partial charge in [0.05, 0.1) is 0 Å². The Hall–Kier alpha value is -0.540. The fraction of sp³-hybridized carbons (Fsp3) is 0.500. The molecule has 0 aliphatic rings. The van der Waals surface area contributed by atoms with Crippen LogP contribution < -0.4 is 5.32 Å². The Morgan fingerprint density at radius 3 is 2.67 bits per heavy atom. The predicted octanol–water partition coefficient (Wildman–Crippen LogP) is 3.44. The molecule has 0 aliphatic heterocycles. The molecule has 0 unspecified atom stereocenters. The lowest BCUT2D eigenvalue weighted by molar-refractivity contribution is 0.596. The largest absolute Gasteiger partial charge is 0.313 e. The second kappa shape index (κ2) is 6.13. The van der Waals surface area contributed by atoms with Crippen molar-refractivity contribution in [3.05, 3.63) is 29.6 Å². The summed E-state index contributed by atoms with van der Waals surface area (Å²) in [5.41, 5.74) is 1.00. The summed E-state index contributed by atoms with van der Waals surface area (Å²) in [6.45, 7) is 7.82. The Morgan fingerprint density at radius 1 is 1.40 bits per heavy atom. The van der Waals surface area contributed by atoms with Crippen molar-refractivity contribution in [1.29, 1.82) is 0 Å². The number of nitrogens with one attached hydrogen (secondary N) is 1. The number of halogens is 1. The molecule has 1 aromatic carbocycles. The van der Waals surface area contributed by atoms with E-state index in [1.807, 2.05) is 19.1 Å². The van der Waals surface area contributed by atoms with Gasteiger partial charge >= 0.3 is 0 Å². The van der Waals surface area contributed by atoms with E-state index in [2.05, 4.69) is 19.2 Å². The van der Waals surface area contributed by atoms with Crippen LogP contribution in [0.2, 0.25) is 0 Å². The molecule has 0 amide bonds. The van der Waals surface area contributed by atoms with Crippen LogP contribution in [0.15, 0.2) is 23.1 Å². The third-order valence-corrected chi connectivity index (χ3v) is 2.99. The first kappa shape index (κ1) is 12.5. The van der Waals surface area contributed by atoms with Gasteiger partial charge in [0.1, 0.15) is 5.82 Å². The number of hydrogen-bond acceptors (Lipinski definition) is 2. The van der Waals surface area contributed by atoms with Crippen LogP contribution in [0.4, 0.5) is 4.39 Å². The molecule has 84 valence electrons. The molecular weight excluding hydrogens is 209 g/mol. The van der Waals surface area contributed by atoms with E-state index in [0.717, 1.165) is 23.5 Å². The molecule has 0 bridgehead atoms. The van der Waals surface area contributed by atoms with Gasteiger partial charge in [0.15, 0.2) is 0 Å². The minimum atomic E-state index is -0.107. The van der Waals surface area contributed by atoms with E-state index in [9.17, 15) is 4.39 Å². The van der Waals surface area contributed by atoms with E-state index in [4.69, 9.17) is 0 Å². The third-order valence-electron chi connectivity index (χ3n) is 1.94. The van der Waals surface area contributed by atoms with Gasteiger partial charge in [-0.1, -0.05) is 26.8 Å². The highest BCUT2D eigenvalue weighted by molar-refractivity contribution is 7.99. The zero-order chi connectivity index (χ0) is 11.3. The molecule has 3 heteroatoms. The highest BCUT2D eigenvalue weighted by Gasteiger charge is 2.05. The van der Waals surface area contributed by atoms with E-state index in [0.29, 0.717) is 5.25 Å². The molecule has 0 fully saturated rings. The maximum absolute atomic E-state index is 13.6. The SMILES string of the molecule is CCNCc1ccc(SC(C)C)c(F)c1. The molecule has 0 aliphatic carbocycles. The quantitative estimate of drug-likeness (QED) is 0.773. The van der Waals surface area contributed by atoms with Crippen LogP contribution in [-0.4, -0.2) is 11.8 Å². The molecule has 15 heavy (non-hydrogen) atoms. The summed E-state index contributed by atoms with van der Waals surface area (Å²) in [5.74, 6) is -0.107. The topological polar surface area (TPSA) is 12.0 Å². The van der Waals surface area contributed by atoms with E-state index in [-0.39, 0.29) is 5.82 Å². The van der Waals surface area contributed by atoms with Crippen LogP contribution in [0.25, 0.3) is 0 Å². The first-order chi connectivity index (χ1) is 7.13. The van der Waals surface area contributed by atoms with Crippen LogP contribution in [-0.2, 0) is 6.54 Å². The van der Waals surface area contributed by atoms with Crippen molar-refractivity contribution in [2.45, 2.75) is 37.5 Å². The van der Waals surface area contributed by atoms with Gasteiger partial charge < -0.3 is 5.32 Å². The molecule has 0 spiro atoms. The molecule has 1 nitrogen and oxygen atoms in total. The first-order valence-electron chi connectivity index (χ1n) is 5.29. The lowest BCUT2D eigenvalue weighted by atomic mass is 10.2. The van der Waals surface area contributed by atoms with Crippen LogP contribution in [0.1, 0.15) is 26.3 Å². The van der Waals surface area contributed by atoms with Crippen molar-refractivity contribution in [2.75, 3.05) is 6.54 Å². The molecule has 1 rings (SSSR count). The highest BCUT2D eigenvalue weighted by atomic mass is 32.2. The lowest BCUT2D eigenvalue weighted by Crippen LogP contribution is -2.11. The van der Waals surface area contributed by atoms with Gasteiger partial charge in [0, 0.05) is 16.7 Å². The van der Waals surface area contributed by atoms with Crippen molar-refractivity contribution >= 4 is 11.8 Å². The summed E-state index contributed by atoms with van der Waals surface area (Å²) in [6.07, 6.45) is 0. The fourth-order valence-corrected chi connectivity index (χ4v) is 2.10. The molecule has 0 radical (unpaired) electrons. The summed E-state index contributed by atoms with van der Waals surface area (Å²) in [5, 5.41) is 3.59. The third kappa shape index (κ3) is 4.22. The number of benzene rings is 1. The van der Waals surface area contributed by atoms with Crippen molar-refractivity contribution in [3.63, 3.8) is 0 Å². The predicted molar refractivity (Wildman–Crippen MR) is 64.8 cm³/mol. The molecule has 0 heterocycles. The standard InChI is InChI=1S/C12H18FNS/c1-4-14-8-10-5-6-12(11(13)7-10)15-9(2)3/h5-7,9,14H,4,8H2,1-3H3. The van der Waals surface area contributed by atoms with E-state index in [1.54, 1.807) is 17.8 Å². The van der Waals surface area contributed by atoms with Gasteiger partial charge in [0.2, 0.25) is 0 Å². The zero-order valence-electron chi connectivity index (χ0n) is 9.51. The Labute approximate surface area is 95.5 Å². The van der Waals surface area contributed by atoms with Gasteiger partial charge in [-0.3, -0.25) is 0 Å². The summed E-state index contributed by atoms with van der Waals surface area (Å²) >= 11 is 1.56. The Bertz CT molecular complexity index is 312. The minimum absolute atomic E-state index is 0.107. The van der Waals surface area contributed by atoms with Gasteiger partial charge in [-0.15, -0.1) is 11.8 Å². The first-order valence-corrected chi connectivity index (χ1v) is 6.17. The average Bonchev–Trinajstić information content (AvgIpc) is 2.18. The Morgan fingerprint density at radius 2 is 2.13 bits per heavy atom.